The molecule has 28 heavy (non-hydrogen) atoms. The van der Waals surface area contributed by atoms with Crippen molar-refractivity contribution in [3.05, 3.63) is 76.3 Å². The number of aromatic nitrogens is 2. The molecule has 0 aliphatic heterocycles. The van der Waals surface area contributed by atoms with E-state index >= 15 is 0 Å². The maximum Gasteiger partial charge on any atom is 0.325 e. The average molecular weight is 379 g/mol. The lowest BCUT2D eigenvalue weighted by atomic mass is 10.1. The number of hydrogen-bond donors (Lipinski definition) is 0. The number of para-hydroxylation sites is 1. The molecule has 0 atom stereocenters. The number of methoxy groups -OCH3 is 1. The van der Waals surface area contributed by atoms with Gasteiger partial charge in [0.15, 0.2) is 0 Å². The first-order chi connectivity index (χ1) is 13.5. The van der Waals surface area contributed by atoms with Gasteiger partial charge in [0.25, 0.3) is 5.56 Å². The molecule has 0 saturated heterocycles. The maximum atomic E-state index is 12.9. The Bertz CT molecular complexity index is 1060. The van der Waals surface area contributed by atoms with E-state index in [9.17, 15) is 14.4 Å². The van der Waals surface area contributed by atoms with E-state index in [4.69, 9.17) is 4.74 Å². The third-order valence-electron chi connectivity index (χ3n) is 4.48. The van der Waals surface area contributed by atoms with Crippen LogP contribution in [0.3, 0.4) is 0 Å². The smallest absolute Gasteiger partial charge is 0.325 e. The Morgan fingerprint density at radius 3 is 2.57 bits per heavy atom. The Balaban J connectivity index is 1.87. The van der Waals surface area contributed by atoms with Crippen molar-refractivity contribution < 1.29 is 14.3 Å². The molecule has 3 aromatic rings. The van der Waals surface area contributed by atoms with Gasteiger partial charge in [-0.2, -0.15) is 0 Å². The van der Waals surface area contributed by atoms with Crippen LogP contribution in [0, 0.1) is 6.92 Å². The molecule has 0 radical (unpaired) electrons. The Morgan fingerprint density at radius 1 is 1.11 bits per heavy atom. The Morgan fingerprint density at radius 2 is 1.86 bits per heavy atom. The summed E-state index contributed by atoms with van der Waals surface area (Å²) in [6.45, 7) is 1.71. The summed E-state index contributed by atoms with van der Waals surface area (Å²) in [6, 6.07) is 14.7. The highest BCUT2D eigenvalue weighted by Gasteiger charge is 2.19. The number of rotatable bonds is 6. The van der Waals surface area contributed by atoms with E-state index in [2.05, 4.69) is 4.98 Å². The topological polar surface area (TPSA) is 81.5 Å². The highest BCUT2D eigenvalue weighted by Crippen LogP contribution is 2.11. The van der Waals surface area contributed by atoms with Gasteiger partial charge in [-0.25, -0.2) is 4.98 Å². The van der Waals surface area contributed by atoms with E-state index in [1.54, 1.807) is 12.1 Å². The second-order valence-corrected chi connectivity index (χ2v) is 6.46. The van der Waals surface area contributed by atoms with Gasteiger partial charge in [-0.1, -0.05) is 42.5 Å². The minimum Gasteiger partial charge on any atom is -0.468 e. The average Bonchev–Trinajstić information content (AvgIpc) is 2.70. The second-order valence-electron chi connectivity index (χ2n) is 6.46. The summed E-state index contributed by atoms with van der Waals surface area (Å²) < 4.78 is 5.96. The fourth-order valence-corrected chi connectivity index (χ4v) is 2.95. The molecule has 0 N–H and O–H groups in total. The van der Waals surface area contributed by atoms with Crippen LogP contribution in [0.5, 0.6) is 0 Å². The molecule has 144 valence electrons. The van der Waals surface area contributed by atoms with Gasteiger partial charge in [-0.15, -0.1) is 0 Å². The van der Waals surface area contributed by atoms with Gasteiger partial charge >= 0.3 is 5.97 Å². The summed E-state index contributed by atoms with van der Waals surface area (Å²) >= 11 is 0. The highest BCUT2D eigenvalue weighted by molar-refractivity contribution is 5.83. The van der Waals surface area contributed by atoms with Gasteiger partial charge < -0.3 is 9.64 Å². The van der Waals surface area contributed by atoms with E-state index in [1.807, 2.05) is 43.3 Å². The first-order valence-corrected chi connectivity index (χ1v) is 8.83. The van der Waals surface area contributed by atoms with Crippen molar-refractivity contribution in [2.45, 2.75) is 20.0 Å². The lowest BCUT2D eigenvalue weighted by Gasteiger charge is -2.22. The normalized spacial score (nSPS) is 10.6. The molecule has 0 aliphatic rings. The van der Waals surface area contributed by atoms with Crippen molar-refractivity contribution in [1.82, 2.24) is 14.5 Å². The number of amides is 1. The zero-order chi connectivity index (χ0) is 20.1. The Hall–Kier alpha value is -3.48. The third-order valence-corrected chi connectivity index (χ3v) is 4.48. The van der Waals surface area contributed by atoms with E-state index in [1.165, 1.54) is 22.9 Å². The number of fused-ring (bicyclic) bond motifs is 1. The van der Waals surface area contributed by atoms with Crippen LogP contribution < -0.4 is 5.56 Å². The Kier molecular flexibility index (Phi) is 5.84. The van der Waals surface area contributed by atoms with Crippen molar-refractivity contribution in [1.29, 1.82) is 0 Å². The zero-order valence-electron chi connectivity index (χ0n) is 15.8. The molecule has 0 spiro atoms. The van der Waals surface area contributed by atoms with E-state index in [-0.39, 0.29) is 31.1 Å². The van der Waals surface area contributed by atoms with E-state index in [0.717, 1.165) is 11.1 Å². The van der Waals surface area contributed by atoms with Crippen molar-refractivity contribution >= 4 is 22.8 Å². The van der Waals surface area contributed by atoms with Crippen LogP contribution in [0.15, 0.2) is 59.7 Å². The van der Waals surface area contributed by atoms with Gasteiger partial charge in [0.1, 0.15) is 13.1 Å². The fourth-order valence-electron chi connectivity index (χ4n) is 2.95. The fraction of sp³-hybridized carbons (Fsp3) is 0.238. The lowest BCUT2D eigenvalue weighted by molar-refractivity contribution is -0.147. The number of ether oxygens (including phenoxy) is 1. The summed E-state index contributed by atoms with van der Waals surface area (Å²) in [5.74, 6) is -0.894. The number of esters is 1. The quantitative estimate of drug-likeness (QED) is 0.611. The van der Waals surface area contributed by atoms with Crippen molar-refractivity contribution in [2.24, 2.45) is 0 Å². The molecule has 7 heteroatoms. The molecule has 3 rings (SSSR count). The standard InChI is InChI=1S/C21H21N3O4/c1-15-7-6-10-17-20(15)22-14-24(21(17)27)12-18(25)23(13-19(26)28-2)11-16-8-4-3-5-9-16/h3-10,14H,11-13H2,1-2H3. The van der Waals surface area contributed by atoms with Crippen LogP contribution in [0.4, 0.5) is 0 Å². The van der Waals surface area contributed by atoms with Crippen molar-refractivity contribution in [3.8, 4) is 0 Å². The first kappa shape index (κ1) is 19.3. The summed E-state index contributed by atoms with van der Waals surface area (Å²) in [5, 5.41) is 0.456. The first-order valence-electron chi connectivity index (χ1n) is 8.83. The van der Waals surface area contributed by atoms with Crippen molar-refractivity contribution in [3.63, 3.8) is 0 Å². The van der Waals surface area contributed by atoms with Gasteiger partial charge in [0.05, 0.1) is 24.3 Å². The molecular weight excluding hydrogens is 358 g/mol. The highest BCUT2D eigenvalue weighted by atomic mass is 16.5. The minimum atomic E-state index is -0.524. The molecule has 2 aromatic carbocycles. The Labute approximate surface area is 162 Å². The van der Waals surface area contributed by atoms with Crippen LogP contribution in [0.2, 0.25) is 0 Å². The SMILES string of the molecule is COC(=O)CN(Cc1ccccc1)C(=O)Cn1cnc2c(C)cccc2c1=O. The van der Waals surface area contributed by atoms with Crippen LogP contribution >= 0.6 is 0 Å². The van der Waals surface area contributed by atoms with Crippen molar-refractivity contribution in [2.75, 3.05) is 13.7 Å². The predicted octanol–water partition coefficient (Wildman–Crippen LogP) is 1.91. The molecule has 7 nitrogen and oxygen atoms in total. The lowest BCUT2D eigenvalue weighted by Crippen LogP contribution is -2.39. The summed E-state index contributed by atoms with van der Waals surface area (Å²) in [4.78, 5) is 43.0. The molecule has 0 bridgehead atoms. The second kappa shape index (κ2) is 8.47. The minimum absolute atomic E-state index is 0.195. The molecule has 0 unspecified atom stereocenters. The van der Waals surface area contributed by atoms with Crippen LogP contribution in [0.1, 0.15) is 11.1 Å². The molecule has 1 aromatic heterocycles. The van der Waals surface area contributed by atoms with E-state index < -0.39 is 5.97 Å². The largest absolute Gasteiger partial charge is 0.468 e. The molecule has 1 heterocycles. The zero-order valence-corrected chi connectivity index (χ0v) is 15.8. The van der Waals surface area contributed by atoms with Gasteiger partial charge in [0, 0.05) is 6.54 Å². The number of benzene rings is 2. The summed E-state index contributed by atoms with van der Waals surface area (Å²) in [6.07, 6.45) is 1.37. The van der Waals surface area contributed by atoms with Crippen LogP contribution in [-0.4, -0.2) is 40.0 Å². The van der Waals surface area contributed by atoms with Crippen LogP contribution in [0.25, 0.3) is 10.9 Å². The number of aryl methyl sites for hydroxylation is 1. The predicted molar refractivity (Wildman–Crippen MR) is 105 cm³/mol. The third kappa shape index (κ3) is 4.25. The van der Waals surface area contributed by atoms with Crippen LogP contribution in [-0.2, 0) is 27.4 Å². The monoisotopic (exact) mass is 379 g/mol. The molecule has 0 fully saturated rings. The number of nitrogens with zero attached hydrogens (tertiary/aromatic N) is 3. The number of carbonyl (C=O) groups is 2. The molecule has 0 saturated carbocycles. The van der Waals surface area contributed by atoms with Gasteiger partial charge in [-0.05, 0) is 24.1 Å². The summed E-state index contributed by atoms with van der Waals surface area (Å²) in [7, 11) is 1.27. The number of hydrogen-bond acceptors (Lipinski definition) is 5. The van der Waals surface area contributed by atoms with Gasteiger partial charge in [-0.3, -0.25) is 19.0 Å². The molecule has 1 amide bonds. The van der Waals surface area contributed by atoms with Gasteiger partial charge in [0.2, 0.25) is 5.91 Å². The molecule has 0 aliphatic carbocycles. The molecular formula is C21H21N3O4. The summed E-state index contributed by atoms with van der Waals surface area (Å²) in [5.41, 5.74) is 2.09. The maximum absolute atomic E-state index is 12.9. The number of carbonyl (C=O) groups excluding carboxylic acids is 2. The van der Waals surface area contributed by atoms with E-state index in [0.29, 0.717) is 10.9 Å².